The van der Waals surface area contributed by atoms with Gasteiger partial charge < -0.3 is 14.9 Å². The van der Waals surface area contributed by atoms with Crippen LogP contribution in [0.25, 0.3) is 11.1 Å². The molecule has 6 rings (SSSR count). The lowest BCUT2D eigenvalue weighted by Gasteiger charge is -2.37. The number of hydrogen-bond donors (Lipinski definition) is 2. The van der Waals surface area contributed by atoms with Gasteiger partial charge in [0.25, 0.3) is 0 Å². The smallest absolute Gasteiger partial charge is 0.139 e. The van der Waals surface area contributed by atoms with Crippen LogP contribution in [-0.2, 0) is 13.0 Å². The SMILES string of the molecule is C1CC1.Cc1cccc(O)c1N1CNCc2c(-c3ccccc3Cl)cc(CC3CCCN(C(C)C)C3)cc21. The van der Waals surface area contributed by atoms with Crippen molar-refractivity contribution in [2.75, 3.05) is 24.7 Å². The van der Waals surface area contributed by atoms with E-state index in [1.54, 1.807) is 6.07 Å². The molecule has 1 unspecified atom stereocenters. The largest absolute Gasteiger partial charge is 0.506 e. The summed E-state index contributed by atoms with van der Waals surface area (Å²) in [5.41, 5.74) is 7.91. The van der Waals surface area contributed by atoms with Crippen molar-refractivity contribution in [3.8, 4) is 16.9 Å². The maximum absolute atomic E-state index is 10.8. The lowest BCUT2D eigenvalue weighted by atomic mass is 9.87. The Bertz CT molecular complexity index is 1230. The Morgan fingerprint density at radius 3 is 2.50 bits per heavy atom. The average molecular weight is 532 g/mol. The lowest BCUT2D eigenvalue weighted by Crippen LogP contribution is -2.40. The molecule has 5 heteroatoms. The zero-order valence-electron chi connectivity index (χ0n) is 23.1. The van der Waals surface area contributed by atoms with Crippen LogP contribution in [0.5, 0.6) is 5.75 Å². The standard InChI is InChI=1S/C30H36ClN3O.C3H6/c1-20(2)33-13-7-9-22(18-33)14-23-15-25(24-10-4-5-11-27(24)31)26-17-32-19-34(28(26)16-23)30-21(3)8-6-12-29(30)35;1-2-3-1/h4-6,8,10-12,15-16,20,22,32,35H,7,9,13-14,17-19H2,1-3H3;1-3H2. The van der Waals surface area contributed by atoms with Crippen molar-refractivity contribution in [1.29, 1.82) is 0 Å². The molecule has 4 nitrogen and oxygen atoms in total. The third-order valence-electron chi connectivity index (χ3n) is 7.96. The molecule has 1 aliphatic carbocycles. The lowest BCUT2D eigenvalue weighted by molar-refractivity contribution is 0.139. The Morgan fingerprint density at radius 1 is 1.00 bits per heavy atom. The van der Waals surface area contributed by atoms with Crippen molar-refractivity contribution < 1.29 is 5.11 Å². The molecule has 1 atom stereocenters. The second kappa shape index (κ2) is 12.1. The minimum absolute atomic E-state index is 0.309. The van der Waals surface area contributed by atoms with E-state index in [1.807, 2.05) is 18.2 Å². The van der Waals surface area contributed by atoms with Gasteiger partial charge in [0.15, 0.2) is 0 Å². The summed E-state index contributed by atoms with van der Waals surface area (Å²) in [5.74, 6) is 0.953. The number of anilines is 2. The Balaban J connectivity index is 0.000000916. The maximum atomic E-state index is 10.8. The molecule has 0 bridgehead atoms. The first kappa shape index (κ1) is 27.1. The van der Waals surface area contributed by atoms with Gasteiger partial charge in [-0.25, -0.2) is 0 Å². The number of benzene rings is 3. The van der Waals surface area contributed by atoms with Crippen molar-refractivity contribution in [3.05, 3.63) is 76.3 Å². The van der Waals surface area contributed by atoms with Gasteiger partial charge in [-0.1, -0.05) is 67.3 Å². The van der Waals surface area contributed by atoms with Crippen molar-refractivity contribution in [2.24, 2.45) is 5.92 Å². The molecule has 2 N–H and O–H groups in total. The van der Waals surface area contributed by atoms with Gasteiger partial charge in [0, 0.05) is 35.4 Å². The van der Waals surface area contributed by atoms with Crippen LogP contribution in [0, 0.1) is 12.8 Å². The quantitative estimate of drug-likeness (QED) is 0.349. The number of aryl methyl sites for hydroxylation is 1. The van der Waals surface area contributed by atoms with Crippen molar-refractivity contribution >= 4 is 23.0 Å². The number of likely N-dealkylation sites (tertiary alicyclic amines) is 1. The van der Waals surface area contributed by atoms with E-state index < -0.39 is 0 Å². The van der Waals surface area contributed by atoms with Crippen LogP contribution >= 0.6 is 11.6 Å². The second-order valence-electron chi connectivity index (χ2n) is 11.4. The van der Waals surface area contributed by atoms with E-state index in [4.69, 9.17) is 11.6 Å². The molecule has 0 radical (unpaired) electrons. The van der Waals surface area contributed by atoms with Gasteiger partial charge >= 0.3 is 0 Å². The number of phenolic OH excluding ortho intramolecular Hbond substituents is 1. The summed E-state index contributed by atoms with van der Waals surface area (Å²) in [6.45, 7) is 10.4. The number of hydrogen-bond acceptors (Lipinski definition) is 4. The molecule has 2 aliphatic heterocycles. The minimum atomic E-state index is 0.309. The van der Waals surface area contributed by atoms with E-state index in [1.165, 1.54) is 55.3 Å². The Morgan fingerprint density at radius 2 is 1.79 bits per heavy atom. The van der Waals surface area contributed by atoms with E-state index in [-0.39, 0.29) is 0 Å². The fourth-order valence-corrected chi connectivity index (χ4v) is 6.06. The molecule has 202 valence electrons. The summed E-state index contributed by atoms with van der Waals surface area (Å²) in [4.78, 5) is 4.85. The highest BCUT2D eigenvalue weighted by atomic mass is 35.5. The monoisotopic (exact) mass is 531 g/mol. The summed E-state index contributed by atoms with van der Waals surface area (Å²) in [5, 5.41) is 15.1. The number of aromatic hydroxyl groups is 1. The first-order valence-corrected chi connectivity index (χ1v) is 14.7. The fourth-order valence-electron chi connectivity index (χ4n) is 5.82. The Labute approximate surface area is 233 Å². The zero-order chi connectivity index (χ0) is 26.6. The average Bonchev–Trinajstić information content (AvgIpc) is 3.79. The van der Waals surface area contributed by atoms with E-state index >= 15 is 0 Å². The molecule has 0 spiro atoms. The van der Waals surface area contributed by atoms with Crippen LogP contribution in [0.2, 0.25) is 5.02 Å². The molecule has 3 aromatic carbocycles. The summed E-state index contributed by atoms with van der Waals surface area (Å²) in [6, 6.07) is 19.2. The molecular weight excluding hydrogens is 490 g/mol. The molecule has 0 amide bonds. The topological polar surface area (TPSA) is 38.7 Å². The normalized spacial score (nSPS) is 19.1. The Hall–Kier alpha value is -2.53. The number of para-hydroxylation sites is 1. The summed E-state index contributed by atoms with van der Waals surface area (Å²) < 4.78 is 0. The van der Waals surface area contributed by atoms with Crippen molar-refractivity contribution in [3.63, 3.8) is 0 Å². The summed E-state index contributed by atoms with van der Waals surface area (Å²) in [7, 11) is 0. The fraction of sp³-hybridized carbons (Fsp3) is 0.455. The van der Waals surface area contributed by atoms with E-state index in [0.29, 0.717) is 24.4 Å². The summed E-state index contributed by atoms with van der Waals surface area (Å²) in [6.07, 6.45) is 8.08. The first-order chi connectivity index (χ1) is 18.4. The molecule has 2 heterocycles. The predicted octanol–water partition coefficient (Wildman–Crippen LogP) is 8.05. The molecule has 3 aliphatic rings. The number of halogens is 1. The van der Waals surface area contributed by atoms with Gasteiger partial charge in [-0.2, -0.15) is 0 Å². The van der Waals surface area contributed by atoms with Crippen LogP contribution < -0.4 is 10.2 Å². The number of nitrogens with zero attached hydrogens (tertiary/aromatic N) is 2. The predicted molar refractivity (Wildman–Crippen MR) is 161 cm³/mol. The minimum Gasteiger partial charge on any atom is -0.506 e. The van der Waals surface area contributed by atoms with E-state index in [0.717, 1.165) is 47.0 Å². The maximum Gasteiger partial charge on any atom is 0.139 e. The van der Waals surface area contributed by atoms with Crippen LogP contribution in [0.4, 0.5) is 11.4 Å². The van der Waals surface area contributed by atoms with E-state index in [9.17, 15) is 5.11 Å². The molecular formula is C33H42ClN3O. The van der Waals surface area contributed by atoms with Gasteiger partial charge in [0.05, 0.1) is 12.4 Å². The highest BCUT2D eigenvalue weighted by Crippen LogP contribution is 2.43. The van der Waals surface area contributed by atoms with Crippen LogP contribution in [-0.4, -0.2) is 35.8 Å². The van der Waals surface area contributed by atoms with Gasteiger partial charge in [-0.15, -0.1) is 0 Å². The van der Waals surface area contributed by atoms with E-state index in [2.05, 4.69) is 66.2 Å². The van der Waals surface area contributed by atoms with Gasteiger partial charge in [0.1, 0.15) is 5.75 Å². The zero-order valence-corrected chi connectivity index (χ0v) is 23.9. The molecule has 0 aromatic heterocycles. The van der Waals surface area contributed by atoms with Crippen molar-refractivity contribution in [2.45, 2.75) is 71.9 Å². The number of phenols is 1. The van der Waals surface area contributed by atoms with Gasteiger partial charge in [0.2, 0.25) is 0 Å². The highest BCUT2D eigenvalue weighted by Gasteiger charge is 2.27. The molecule has 38 heavy (non-hydrogen) atoms. The van der Waals surface area contributed by atoms with Crippen LogP contribution in [0.3, 0.4) is 0 Å². The molecule has 3 aromatic rings. The second-order valence-corrected chi connectivity index (χ2v) is 11.8. The number of rotatable bonds is 5. The molecule has 1 saturated heterocycles. The van der Waals surface area contributed by atoms with Gasteiger partial charge in [-0.3, -0.25) is 5.32 Å². The third-order valence-corrected chi connectivity index (χ3v) is 8.29. The Kier molecular flexibility index (Phi) is 8.62. The van der Waals surface area contributed by atoms with Gasteiger partial charge in [-0.05, 0) is 92.9 Å². The molecule has 1 saturated carbocycles. The van der Waals surface area contributed by atoms with Crippen molar-refractivity contribution in [1.82, 2.24) is 10.2 Å². The highest BCUT2D eigenvalue weighted by molar-refractivity contribution is 6.33. The first-order valence-electron chi connectivity index (χ1n) is 14.3. The number of nitrogens with one attached hydrogen (secondary N) is 1. The van der Waals surface area contributed by atoms with Crippen LogP contribution in [0.1, 0.15) is 62.6 Å². The summed E-state index contributed by atoms with van der Waals surface area (Å²) >= 11 is 6.72. The van der Waals surface area contributed by atoms with Crippen LogP contribution in [0.15, 0.2) is 54.6 Å². The third kappa shape index (κ3) is 6.20. The molecule has 2 fully saturated rings. The number of fused-ring (bicyclic) bond motifs is 1. The number of piperidine rings is 1.